The Balaban J connectivity index is 1.64. The van der Waals surface area contributed by atoms with Gasteiger partial charge in [-0.05, 0) is 31.3 Å². The van der Waals surface area contributed by atoms with E-state index >= 15 is 0 Å². The molecule has 1 aliphatic rings. The van der Waals surface area contributed by atoms with Crippen LogP contribution in [0.2, 0.25) is 0 Å². The number of benzene rings is 1. The normalized spacial score (nSPS) is 15.4. The summed E-state index contributed by atoms with van der Waals surface area (Å²) in [6.07, 6.45) is 2.88. The summed E-state index contributed by atoms with van der Waals surface area (Å²) in [6, 6.07) is 5.44. The molecule has 150 valence electrons. The van der Waals surface area contributed by atoms with Gasteiger partial charge >= 0.3 is 5.88 Å². The van der Waals surface area contributed by atoms with Crippen LogP contribution in [0.5, 0.6) is 0 Å². The third-order valence-corrected chi connectivity index (χ3v) is 4.83. The highest BCUT2D eigenvalue weighted by molar-refractivity contribution is 5.83. The number of hydrogen-bond donors (Lipinski definition) is 1. The molecule has 0 amide bonds. The molecule has 0 radical (unpaired) electrons. The number of piperazine rings is 1. The molecule has 2 aromatic heterocycles. The van der Waals surface area contributed by atoms with Crippen molar-refractivity contribution in [1.29, 1.82) is 0 Å². The fraction of sp³-hybridized carbons (Fsp3) is 0.263. The predicted molar refractivity (Wildman–Crippen MR) is 106 cm³/mol. The van der Waals surface area contributed by atoms with E-state index in [2.05, 4.69) is 14.9 Å². The number of halogens is 1. The zero-order valence-corrected chi connectivity index (χ0v) is 15.6. The monoisotopic (exact) mass is 399 g/mol. The largest absolute Gasteiger partial charge is 0.433 e. The summed E-state index contributed by atoms with van der Waals surface area (Å²) in [4.78, 5) is 33.5. The Morgan fingerprint density at radius 2 is 2.00 bits per heavy atom. The average molecular weight is 399 g/mol. The molecule has 0 unspecified atom stereocenters. The zero-order chi connectivity index (χ0) is 20.5. The Morgan fingerprint density at radius 3 is 2.69 bits per heavy atom. The fourth-order valence-corrected chi connectivity index (χ4v) is 3.23. The molecule has 1 fully saturated rings. The first kappa shape index (κ1) is 18.8. The number of furan rings is 1. The lowest BCUT2D eigenvalue weighted by molar-refractivity contribution is -0.402. The van der Waals surface area contributed by atoms with Gasteiger partial charge in [-0.2, -0.15) is 0 Å². The summed E-state index contributed by atoms with van der Waals surface area (Å²) in [7, 11) is 2.01. The number of nitrogens with zero attached hydrogens (tertiary/aromatic N) is 4. The van der Waals surface area contributed by atoms with E-state index in [9.17, 15) is 19.3 Å². The van der Waals surface area contributed by atoms with Crippen LogP contribution in [0.4, 0.5) is 16.0 Å². The highest BCUT2D eigenvalue weighted by Gasteiger charge is 2.19. The van der Waals surface area contributed by atoms with Crippen molar-refractivity contribution in [2.24, 2.45) is 0 Å². The van der Waals surface area contributed by atoms with Crippen LogP contribution in [0.1, 0.15) is 11.6 Å². The number of nitrogens with one attached hydrogen (secondary N) is 1. The maximum absolute atomic E-state index is 14.7. The lowest BCUT2D eigenvalue weighted by atomic mass is 10.1. The molecule has 4 rings (SSSR count). The van der Waals surface area contributed by atoms with Crippen LogP contribution < -0.4 is 10.5 Å². The summed E-state index contributed by atoms with van der Waals surface area (Å²) in [5, 5.41) is 11.0. The zero-order valence-electron chi connectivity index (χ0n) is 15.6. The van der Waals surface area contributed by atoms with E-state index in [0.29, 0.717) is 24.2 Å². The number of aromatic amines is 1. The maximum atomic E-state index is 14.7. The summed E-state index contributed by atoms with van der Waals surface area (Å²) in [6.45, 7) is 3.00. The van der Waals surface area contributed by atoms with Gasteiger partial charge in [-0.1, -0.05) is 0 Å². The number of rotatable bonds is 4. The molecule has 1 N–H and O–H groups in total. The van der Waals surface area contributed by atoms with Gasteiger partial charge in [0.05, 0.1) is 22.7 Å². The highest BCUT2D eigenvalue weighted by atomic mass is 19.1. The Morgan fingerprint density at radius 1 is 1.24 bits per heavy atom. The van der Waals surface area contributed by atoms with Crippen molar-refractivity contribution in [3.63, 3.8) is 0 Å². The lowest BCUT2D eigenvalue weighted by Gasteiger charge is -2.34. The van der Waals surface area contributed by atoms with E-state index in [4.69, 9.17) is 4.42 Å². The second-order valence-electron chi connectivity index (χ2n) is 6.83. The Labute approximate surface area is 164 Å². The van der Waals surface area contributed by atoms with Gasteiger partial charge in [0.1, 0.15) is 22.3 Å². The predicted octanol–water partition coefficient (Wildman–Crippen LogP) is 2.49. The molecule has 3 aromatic rings. The lowest BCUT2D eigenvalue weighted by Crippen LogP contribution is -2.44. The van der Waals surface area contributed by atoms with Gasteiger partial charge in [-0.3, -0.25) is 14.9 Å². The van der Waals surface area contributed by atoms with Crippen LogP contribution in [0, 0.1) is 15.9 Å². The van der Waals surface area contributed by atoms with Gasteiger partial charge in [-0.15, -0.1) is 0 Å². The van der Waals surface area contributed by atoms with Gasteiger partial charge < -0.3 is 19.2 Å². The standard InChI is InChI=1S/C19H18FN5O4/c1-23-6-8-24(9-7-23)16-10-13-15(11-14(16)20)21-17(22-19(13)26)4-2-12-3-5-18(29-12)25(27)28/h2-5,10-11H,6-9H2,1H3,(H,21,22,26). The van der Waals surface area contributed by atoms with Crippen LogP contribution in [-0.2, 0) is 0 Å². The van der Waals surface area contributed by atoms with E-state index in [1.807, 2.05) is 11.9 Å². The highest BCUT2D eigenvalue weighted by Crippen LogP contribution is 2.25. The molecule has 0 bridgehead atoms. The molecular weight excluding hydrogens is 381 g/mol. The minimum absolute atomic E-state index is 0.188. The van der Waals surface area contributed by atoms with Crippen molar-refractivity contribution < 1.29 is 13.7 Å². The quantitative estimate of drug-likeness (QED) is 0.530. The van der Waals surface area contributed by atoms with Crippen LogP contribution >= 0.6 is 0 Å². The molecule has 1 saturated heterocycles. The second-order valence-corrected chi connectivity index (χ2v) is 6.83. The van der Waals surface area contributed by atoms with Gasteiger partial charge in [0, 0.05) is 32.2 Å². The molecule has 29 heavy (non-hydrogen) atoms. The average Bonchev–Trinajstić information content (AvgIpc) is 3.16. The number of aromatic nitrogens is 2. The smallest absolute Gasteiger partial charge is 0.401 e. The first-order valence-electron chi connectivity index (χ1n) is 9.00. The number of likely N-dealkylation sites (N-methyl/N-ethyl adjacent to an activating group) is 1. The molecule has 0 aliphatic carbocycles. The minimum Gasteiger partial charge on any atom is -0.401 e. The number of H-pyrrole nitrogens is 1. The molecule has 1 aromatic carbocycles. The van der Waals surface area contributed by atoms with Crippen molar-refractivity contribution >= 4 is 34.6 Å². The van der Waals surface area contributed by atoms with E-state index in [1.165, 1.54) is 36.4 Å². The number of fused-ring (bicyclic) bond motifs is 1. The Bertz CT molecular complexity index is 1160. The van der Waals surface area contributed by atoms with E-state index in [0.717, 1.165) is 13.1 Å². The first-order valence-corrected chi connectivity index (χ1v) is 9.00. The molecule has 9 nitrogen and oxygen atoms in total. The minimum atomic E-state index is -0.645. The van der Waals surface area contributed by atoms with Gasteiger partial charge in [0.2, 0.25) is 0 Å². The van der Waals surface area contributed by atoms with Crippen molar-refractivity contribution in [3.8, 4) is 0 Å². The third-order valence-electron chi connectivity index (χ3n) is 4.83. The second kappa shape index (κ2) is 7.47. The number of hydrogen-bond acceptors (Lipinski definition) is 7. The van der Waals surface area contributed by atoms with E-state index in [-0.39, 0.29) is 23.0 Å². The summed E-state index contributed by atoms with van der Waals surface area (Å²) in [5.41, 5.74) is 0.230. The number of anilines is 1. The van der Waals surface area contributed by atoms with E-state index < -0.39 is 16.3 Å². The summed E-state index contributed by atoms with van der Waals surface area (Å²) >= 11 is 0. The van der Waals surface area contributed by atoms with E-state index in [1.54, 1.807) is 0 Å². The SMILES string of the molecule is CN1CCN(c2cc3c(=O)[nH]c(C=Cc4ccc([N+](=O)[O-])o4)nc3cc2F)CC1. The van der Waals surface area contributed by atoms with Crippen LogP contribution in [0.15, 0.2) is 33.5 Å². The topological polar surface area (TPSA) is 109 Å². The Hall–Kier alpha value is -3.53. The van der Waals surface area contributed by atoms with Crippen LogP contribution in [0.3, 0.4) is 0 Å². The Kier molecular flexibility index (Phi) is 4.85. The maximum Gasteiger partial charge on any atom is 0.433 e. The molecular formula is C19H18FN5O4. The van der Waals surface area contributed by atoms with Crippen molar-refractivity contribution in [2.75, 3.05) is 38.1 Å². The van der Waals surface area contributed by atoms with Gasteiger partial charge in [0.15, 0.2) is 0 Å². The summed E-state index contributed by atoms with van der Waals surface area (Å²) < 4.78 is 19.7. The molecule has 0 spiro atoms. The third kappa shape index (κ3) is 3.87. The first-order chi connectivity index (χ1) is 13.9. The van der Waals surface area contributed by atoms with Gasteiger partial charge in [-0.25, -0.2) is 9.37 Å². The van der Waals surface area contributed by atoms with Crippen molar-refractivity contribution in [1.82, 2.24) is 14.9 Å². The van der Waals surface area contributed by atoms with Crippen LogP contribution in [-0.4, -0.2) is 53.0 Å². The molecule has 0 saturated carbocycles. The van der Waals surface area contributed by atoms with Crippen LogP contribution in [0.25, 0.3) is 23.1 Å². The van der Waals surface area contributed by atoms with Crippen molar-refractivity contribution in [3.05, 3.63) is 62.1 Å². The summed E-state index contributed by atoms with van der Waals surface area (Å²) in [5.74, 6) is -0.399. The molecule has 3 heterocycles. The number of nitro groups is 1. The van der Waals surface area contributed by atoms with Gasteiger partial charge in [0.25, 0.3) is 5.56 Å². The molecule has 10 heteroatoms. The molecule has 1 aliphatic heterocycles. The molecule has 0 atom stereocenters. The fourth-order valence-electron chi connectivity index (χ4n) is 3.23. The van der Waals surface area contributed by atoms with Crippen molar-refractivity contribution in [2.45, 2.75) is 0 Å².